The summed E-state index contributed by atoms with van der Waals surface area (Å²) in [6.45, 7) is 2.79. The number of amides is 2. The van der Waals surface area contributed by atoms with Gasteiger partial charge in [0.15, 0.2) is 0 Å². The molecule has 9 heteroatoms. The molecular formula is C23H22ClN5O2S. The molecule has 1 aromatic carbocycles. The first-order valence-electron chi connectivity index (χ1n) is 10.4. The van der Waals surface area contributed by atoms with E-state index in [-0.39, 0.29) is 18.4 Å². The Labute approximate surface area is 194 Å². The summed E-state index contributed by atoms with van der Waals surface area (Å²) in [5.41, 5.74) is 1.36. The van der Waals surface area contributed by atoms with E-state index in [1.165, 1.54) is 10.1 Å². The summed E-state index contributed by atoms with van der Waals surface area (Å²) in [4.78, 5) is 34.1. The minimum Gasteiger partial charge on any atom is -0.358 e. The molecule has 2 amide bonds. The molecule has 32 heavy (non-hydrogen) atoms. The summed E-state index contributed by atoms with van der Waals surface area (Å²) in [5.74, 6) is 0.820. The smallest absolute Gasteiger partial charge is 0.256 e. The van der Waals surface area contributed by atoms with Crippen LogP contribution in [0.1, 0.15) is 10.4 Å². The number of aromatic nitrogens is 2. The summed E-state index contributed by atoms with van der Waals surface area (Å²) >= 11 is 7.88. The van der Waals surface area contributed by atoms with Crippen LogP contribution in [0.25, 0.3) is 21.0 Å². The van der Waals surface area contributed by atoms with Crippen LogP contribution in [0.4, 0.5) is 5.82 Å². The molecule has 0 atom stereocenters. The van der Waals surface area contributed by atoms with Gasteiger partial charge in [0.05, 0.1) is 15.8 Å². The predicted octanol–water partition coefficient (Wildman–Crippen LogP) is 3.61. The molecule has 0 spiro atoms. The maximum atomic E-state index is 13.4. The van der Waals surface area contributed by atoms with Crippen molar-refractivity contribution in [3.8, 4) is 0 Å². The Morgan fingerprint density at radius 3 is 2.75 bits per heavy atom. The highest BCUT2D eigenvalue weighted by Crippen LogP contribution is 2.31. The van der Waals surface area contributed by atoms with Crippen LogP contribution in [-0.4, -0.2) is 59.5 Å². The normalized spacial score (nSPS) is 14.3. The lowest BCUT2D eigenvalue weighted by atomic mass is 10.1. The Morgan fingerprint density at radius 1 is 1.16 bits per heavy atom. The van der Waals surface area contributed by atoms with Crippen LogP contribution in [0, 0.1) is 0 Å². The number of hydrogen-bond acceptors (Lipinski definition) is 5. The van der Waals surface area contributed by atoms with Gasteiger partial charge in [0.2, 0.25) is 5.91 Å². The number of thiophene rings is 1. The van der Waals surface area contributed by atoms with Crippen molar-refractivity contribution in [2.45, 2.75) is 6.54 Å². The van der Waals surface area contributed by atoms with E-state index in [4.69, 9.17) is 11.6 Å². The summed E-state index contributed by atoms with van der Waals surface area (Å²) in [5, 5.41) is 7.27. The van der Waals surface area contributed by atoms with E-state index in [9.17, 15) is 9.59 Å². The van der Waals surface area contributed by atoms with Crippen LogP contribution in [0.2, 0.25) is 5.02 Å². The zero-order valence-corrected chi connectivity index (χ0v) is 19.1. The van der Waals surface area contributed by atoms with Gasteiger partial charge in [-0.3, -0.25) is 9.59 Å². The fourth-order valence-electron chi connectivity index (χ4n) is 4.20. The number of fused-ring (bicyclic) bond motifs is 2. The number of rotatable bonds is 4. The molecule has 0 radical (unpaired) electrons. The third-order valence-corrected chi connectivity index (χ3v) is 7.04. The molecule has 0 aliphatic carbocycles. The monoisotopic (exact) mass is 467 g/mol. The lowest BCUT2D eigenvalue weighted by molar-refractivity contribution is -0.121. The maximum absolute atomic E-state index is 13.4. The van der Waals surface area contributed by atoms with Crippen LogP contribution < -0.4 is 10.2 Å². The van der Waals surface area contributed by atoms with E-state index in [0.29, 0.717) is 23.7 Å². The highest BCUT2D eigenvalue weighted by molar-refractivity contribution is 7.17. The molecule has 1 aliphatic heterocycles. The molecule has 1 saturated heterocycles. The Bertz CT molecular complexity index is 1320. The van der Waals surface area contributed by atoms with Gasteiger partial charge in [0.1, 0.15) is 12.4 Å². The summed E-state index contributed by atoms with van der Waals surface area (Å²) < 4.78 is 2.96. The minimum absolute atomic E-state index is 0.0325. The van der Waals surface area contributed by atoms with Gasteiger partial charge in [-0.1, -0.05) is 17.7 Å². The van der Waals surface area contributed by atoms with Crippen LogP contribution in [0.3, 0.4) is 0 Å². The van der Waals surface area contributed by atoms with Gasteiger partial charge in [-0.15, -0.1) is 11.3 Å². The van der Waals surface area contributed by atoms with E-state index in [1.54, 1.807) is 41.3 Å². The van der Waals surface area contributed by atoms with Crippen molar-refractivity contribution in [3.05, 3.63) is 58.7 Å². The Balaban J connectivity index is 1.38. The first-order valence-corrected chi connectivity index (χ1v) is 11.7. The predicted molar refractivity (Wildman–Crippen MR) is 129 cm³/mol. The summed E-state index contributed by atoms with van der Waals surface area (Å²) in [6.07, 6.45) is 3.60. The van der Waals surface area contributed by atoms with Crippen molar-refractivity contribution in [1.29, 1.82) is 0 Å². The molecule has 1 N–H and O–H groups in total. The highest BCUT2D eigenvalue weighted by Gasteiger charge is 2.26. The summed E-state index contributed by atoms with van der Waals surface area (Å²) in [6, 6.07) is 9.54. The highest BCUT2D eigenvalue weighted by atomic mass is 35.5. The molecule has 3 aromatic heterocycles. The molecule has 1 fully saturated rings. The summed E-state index contributed by atoms with van der Waals surface area (Å²) in [7, 11) is 1.60. The largest absolute Gasteiger partial charge is 0.358 e. The van der Waals surface area contributed by atoms with E-state index < -0.39 is 0 Å². The second-order valence-corrected chi connectivity index (χ2v) is 9.11. The molecule has 1 aliphatic rings. The minimum atomic E-state index is -0.134. The first kappa shape index (κ1) is 20.8. The van der Waals surface area contributed by atoms with Crippen molar-refractivity contribution < 1.29 is 9.59 Å². The quantitative estimate of drug-likeness (QED) is 0.497. The number of nitrogens with one attached hydrogen (secondary N) is 1. The zero-order chi connectivity index (χ0) is 22.2. The van der Waals surface area contributed by atoms with E-state index >= 15 is 0 Å². The Morgan fingerprint density at radius 2 is 1.97 bits per heavy atom. The van der Waals surface area contributed by atoms with Gasteiger partial charge >= 0.3 is 0 Å². The number of carbonyl (C=O) groups is 2. The molecule has 4 heterocycles. The van der Waals surface area contributed by atoms with Gasteiger partial charge in [0, 0.05) is 56.0 Å². The van der Waals surface area contributed by atoms with Crippen molar-refractivity contribution >= 4 is 61.6 Å². The maximum Gasteiger partial charge on any atom is 0.256 e. The first-order chi connectivity index (χ1) is 15.5. The SMILES string of the molecule is CNC(=O)Cn1cc(C(=O)N2CCN(c3nccc4ccsc34)CC2)c2ccc(Cl)cc21. The number of benzene rings is 1. The lowest BCUT2D eigenvalue weighted by Crippen LogP contribution is -2.49. The lowest BCUT2D eigenvalue weighted by Gasteiger charge is -2.35. The third-order valence-electron chi connectivity index (χ3n) is 5.88. The molecule has 0 unspecified atom stereocenters. The topological polar surface area (TPSA) is 70.5 Å². The van der Waals surface area contributed by atoms with Gasteiger partial charge in [-0.2, -0.15) is 0 Å². The van der Waals surface area contributed by atoms with E-state index in [2.05, 4.69) is 26.6 Å². The van der Waals surface area contributed by atoms with Crippen LogP contribution in [0.15, 0.2) is 48.1 Å². The number of halogens is 1. The fourth-order valence-corrected chi connectivity index (χ4v) is 5.27. The van der Waals surface area contributed by atoms with Gasteiger partial charge < -0.3 is 19.7 Å². The average molecular weight is 468 g/mol. The zero-order valence-electron chi connectivity index (χ0n) is 17.5. The van der Waals surface area contributed by atoms with Crippen LogP contribution in [0.5, 0.6) is 0 Å². The van der Waals surface area contributed by atoms with Crippen LogP contribution >= 0.6 is 22.9 Å². The number of piperazine rings is 1. The van der Waals surface area contributed by atoms with Gasteiger partial charge in [-0.05, 0) is 35.0 Å². The number of anilines is 1. The second-order valence-electron chi connectivity index (χ2n) is 7.76. The molecule has 0 saturated carbocycles. The van der Waals surface area contributed by atoms with Gasteiger partial charge in [0.25, 0.3) is 5.91 Å². The van der Waals surface area contributed by atoms with Crippen molar-refractivity contribution in [3.63, 3.8) is 0 Å². The molecule has 4 aromatic rings. The fraction of sp³-hybridized carbons (Fsp3) is 0.261. The number of carbonyl (C=O) groups excluding carboxylic acids is 2. The number of pyridine rings is 1. The number of hydrogen-bond donors (Lipinski definition) is 1. The van der Waals surface area contributed by atoms with Crippen molar-refractivity contribution in [2.75, 3.05) is 38.1 Å². The molecule has 0 bridgehead atoms. The van der Waals surface area contributed by atoms with Crippen molar-refractivity contribution in [1.82, 2.24) is 19.8 Å². The van der Waals surface area contributed by atoms with Crippen molar-refractivity contribution in [2.24, 2.45) is 0 Å². The van der Waals surface area contributed by atoms with Gasteiger partial charge in [-0.25, -0.2) is 4.98 Å². The molecule has 7 nitrogen and oxygen atoms in total. The van der Waals surface area contributed by atoms with E-state index in [1.807, 2.05) is 23.2 Å². The number of likely N-dealkylation sites (N-methyl/N-ethyl adjacent to an activating group) is 1. The Hall–Kier alpha value is -3.10. The second kappa shape index (κ2) is 8.44. The molecular weight excluding hydrogens is 446 g/mol. The molecule has 164 valence electrons. The average Bonchev–Trinajstić information content (AvgIpc) is 3.43. The Kier molecular flexibility index (Phi) is 5.48. The standard InChI is InChI=1S/C23H22ClN5O2S/c1-25-20(30)14-29-13-18(17-3-2-16(24)12-19(17)29)23(31)28-9-7-27(8-10-28)22-21-15(4-6-26-22)5-11-32-21/h2-6,11-13H,7-10,14H2,1H3,(H,25,30). The third kappa shape index (κ3) is 3.69. The van der Waals surface area contributed by atoms with E-state index in [0.717, 1.165) is 29.8 Å². The molecule has 5 rings (SSSR count). The van der Waals surface area contributed by atoms with Crippen LogP contribution in [-0.2, 0) is 11.3 Å². The number of nitrogens with zero attached hydrogens (tertiary/aromatic N) is 4.